The third-order valence-electron chi connectivity index (χ3n) is 4.66. The van der Waals surface area contributed by atoms with Crippen molar-refractivity contribution in [1.82, 2.24) is 0 Å². The average molecular weight is 649 g/mol. The molecule has 264 valence electrons. The highest BCUT2D eigenvalue weighted by atomic mass is 16.6. The number of carbonyl (C=O) groups is 1. The van der Waals surface area contributed by atoms with Crippen molar-refractivity contribution in [3.8, 4) is 0 Å². The maximum atomic E-state index is 9.25. The first-order valence-corrected chi connectivity index (χ1v) is 14.6. The van der Waals surface area contributed by atoms with Crippen LogP contribution in [0.25, 0.3) is 0 Å². The number of methoxy groups -OCH3 is 1. The Kier molecular flexibility index (Phi) is 42.4. The average Bonchev–Trinajstić information content (AvgIpc) is 3.03. The van der Waals surface area contributed by atoms with Gasteiger partial charge in [-0.1, -0.05) is 6.58 Å². The number of hydrogen-bond donors (Lipinski definition) is 3. The van der Waals surface area contributed by atoms with E-state index in [9.17, 15) is 4.79 Å². The highest BCUT2D eigenvalue weighted by Crippen LogP contribution is 1.88. The van der Waals surface area contributed by atoms with Crippen molar-refractivity contribution in [1.29, 1.82) is 0 Å². The molecule has 0 amide bonds. The zero-order chi connectivity index (χ0) is 32.6. The Morgan fingerprint density at radius 1 is 0.523 bits per heavy atom. The first kappa shape index (κ1) is 44.8. The Labute approximate surface area is 261 Å². The molecule has 44 heavy (non-hydrogen) atoms. The molecule has 0 aromatic heterocycles. The normalized spacial score (nSPS) is 11.7. The minimum Gasteiger partial charge on any atom is -0.478 e. The van der Waals surface area contributed by atoms with Gasteiger partial charge in [0, 0.05) is 13.2 Å². The summed E-state index contributed by atoms with van der Waals surface area (Å²) in [6.07, 6.45) is -0.0684. The summed E-state index contributed by atoms with van der Waals surface area (Å²) in [5.41, 5.74) is 0. The van der Waals surface area contributed by atoms with E-state index in [-0.39, 0.29) is 13.2 Å². The summed E-state index contributed by atoms with van der Waals surface area (Å²) >= 11 is 0. The molecule has 0 saturated heterocycles. The molecule has 3 N–H and O–H groups in total. The molecule has 0 bridgehead atoms. The first-order valence-electron chi connectivity index (χ1n) is 14.6. The molecule has 0 aromatic carbocycles. The van der Waals surface area contributed by atoms with Gasteiger partial charge in [0.1, 0.15) is 0 Å². The molecule has 1 atom stereocenters. The van der Waals surface area contributed by atoms with E-state index in [4.69, 9.17) is 67.4 Å². The second-order valence-electron chi connectivity index (χ2n) is 8.15. The van der Waals surface area contributed by atoms with Crippen LogP contribution in [-0.2, 0) is 61.6 Å². The van der Waals surface area contributed by atoms with Crippen LogP contribution < -0.4 is 0 Å². The molecule has 0 aliphatic heterocycles. The van der Waals surface area contributed by atoms with E-state index in [1.54, 1.807) is 0 Å². The van der Waals surface area contributed by atoms with E-state index in [2.05, 4.69) is 11.3 Å². The van der Waals surface area contributed by atoms with Gasteiger partial charge in [0.2, 0.25) is 0 Å². The fraction of sp³-hybridized carbons (Fsp3) is 0.893. The fourth-order valence-corrected chi connectivity index (χ4v) is 2.52. The molecule has 0 aliphatic carbocycles. The molecule has 0 rings (SSSR count). The van der Waals surface area contributed by atoms with Gasteiger partial charge in [-0.15, -0.1) is 0 Å². The second kappa shape index (κ2) is 41.7. The molecule has 0 spiro atoms. The Morgan fingerprint density at radius 3 is 0.909 bits per heavy atom. The summed E-state index contributed by atoms with van der Waals surface area (Å²) in [7, 11) is 1.41. The SMILES string of the molecule is C=CC(=O)O.COC(O)COCCOCCOCCOCCOCCOCCOCCOCCOCCOCCOCCO. The van der Waals surface area contributed by atoms with Crippen molar-refractivity contribution in [2.45, 2.75) is 6.29 Å². The zero-order valence-corrected chi connectivity index (χ0v) is 26.3. The summed E-state index contributed by atoms with van der Waals surface area (Å²) in [6, 6.07) is 0. The van der Waals surface area contributed by atoms with Crippen molar-refractivity contribution in [2.75, 3.05) is 159 Å². The summed E-state index contributed by atoms with van der Waals surface area (Å²) < 4.78 is 63.5. The van der Waals surface area contributed by atoms with E-state index < -0.39 is 12.3 Å². The second-order valence-corrected chi connectivity index (χ2v) is 8.15. The molecule has 1 unspecified atom stereocenters. The highest BCUT2D eigenvalue weighted by Gasteiger charge is 2.00. The Hall–Kier alpha value is -1.35. The summed E-state index contributed by atoms with van der Waals surface area (Å²) in [5.74, 6) is -0.981. The van der Waals surface area contributed by atoms with E-state index >= 15 is 0 Å². The van der Waals surface area contributed by atoms with Crippen LogP contribution in [0.5, 0.6) is 0 Å². The number of aliphatic hydroxyl groups excluding tert-OH is 2. The largest absolute Gasteiger partial charge is 0.478 e. The minimum atomic E-state index is -0.981. The quantitative estimate of drug-likeness (QED) is 0.0443. The van der Waals surface area contributed by atoms with E-state index in [0.29, 0.717) is 139 Å². The number of carboxylic acids is 1. The first-order chi connectivity index (χ1) is 21.6. The van der Waals surface area contributed by atoms with Crippen LogP contribution >= 0.6 is 0 Å². The van der Waals surface area contributed by atoms with Crippen molar-refractivity contribution in [2.24, 2.45) is 0 Å². The molecule has 0 aliphatic rings. The minimum absolute atomic E-state index is 0.0235. The smallest absolute Gasteiger partial charge is 0.327 e. The monoisotopic (exact) mass is 648 g/mol. The van der Waals surface area contributed by atoms with Gasteiger partial charge in [0.05, 0.1) is 152 Å². The molecular weight excluding hydrogens is 592 g/mol. The number of carboxylic acid groups (broad SMARTS) is 1. The lowest BCUT2D eigenvalue weighted by atomic mass is 10.6. The number of aliphatic carboxylic acids is 1. The molecule has 16 nitrogen and oxygen atoms in total. The molecule has 0 fully saturated rings. The number of ether oxygens (including phenoxy) is 12. The maximum Gasteiger partial charge on any atom is 0.327 e. The molecule has 0 heterocycles. The standard InChI is InChI=1S/C25H52O14.C3H4O2/c1-28-25(27)24-39-23-22-38-21-20-37-19-18-36-17-16-35-15-14-34-13-12-33-11-10-32-9-8-31-7-6-30-5-4-29-3-2-26;1-2-3(4)5/h25-27H,2-24H2,1H3;2H,1H2,(H,4,5). The van der Waals surface area contributed by atoms with Crippen LogP contribution in [0.1, 0.15) is 0 Å². The third-order valence-corrected chi connectivity index (χ3v) is 4.66. The molecule has 0 aromatic rings. The molecule has 16 heteroatoms. The summed E-state index contributed by atoms with van der Waals surface area (Å²) in [5, 5.41) is 25.3. The van der Waals surface area contributed by atoms with Crippen LogP contribution in [-0.4, -0.2) is 187 Å². The van der Waals surface area contributed by atoms with Crippen LogP contribution in [0.2, 0.25) is 0 Å². The van der Waals surface area contributed by atoms with Gasteiger partial charge in [-0.25, -0.2) is 4.79 Å². The highest BCUT2D eigenvalue weighted by molar-refractivity contribution is 5.78. The number of aliphatic hydroxyl groups is 2. The van der Waals surface area contributed by atoms with Crippen molar-refractivity contribution in [3.05, 3.63) is 12.7 Å². The molecular formula is C28H56O16. The number of hydrogen-bond acceptors (Lipinski definition) is 15. The lowest BCUT2D eigenvalue weighted by Gasteiger charge is -2.10. The zero-order valence-electron chi connectivity index (χ0n) is 26.3. The van der Waals surface area contributed by atoms with Crippen LogP contribution in [0.4, 0.5) is 0 Å². The third kappa shape index (κ3) is 45.1. The maximum absolute atomic E-state index is 9.25. The van der Waals surface area contributed by atoms with Gasteiger partial charge in [0.25, 0.3) is 0 Å². The Balaban J connectivity index is 0. The van der Waals surface area contributed by atoms with Gasteiger partial charge in [-0.05, 0) is 0 Å². The fourth-order valence-electron chi connectivity index (χ4n) is 2.52. The van der Waals surface area contributed by atoms with E-state index in [0.717, 1.165) is 6.08 Å². The lowest BCUT2D eigenvalue weighted by molar-refractivity contribution is -0.131. The topological polar surface area (TPSA) is 189 Å². The number of rotatable bonds is 36. The van der Waals surface area contributed by atoms with E-state index in [1.807, 2.05) is 0 Å². The lowest BCUT2D eigenvalue weighted by Crippen LogP contribution is -2.19. The van der Waals surface area contributed by atoms with Crippen molar-refractivity contribution >= 4 is 5.97 Å². The van der Waals surface area contributed by atoms with Crippen molar-refractivity contribution < 1.29 is 77.0 Å². The predicted octanol–water partition coefficient (Wildman–Crippen LogP) is -0.617. The predicted molar refractivity (Wildman–Crippen MR) is 157 cm³/mol. The van der Waals surface area contributed by atoms with E-state index in [1.165, 1.54) is 7.11 Å². The van der Waals surface area contributed by atoms with Crippen LogP contribution in [0, 0.1) is 0 Å². The van der Waals surface area contributed by atoms with Gasteiger partial charge < -0.3 is 72.2 Å². The molecule has 0 saturated carbocycles. The summed E-state index contributed by atoms with van der Waals surface area (Å²) in [4.78, 5) is 9.25. The van der Waals surface area contributed by atoms with Gasteiger partial charge >= 0.3 is 5.97 Å². The Bertz CT molecular complexity index is 558. The van der Waals surface area contributed by atoms with Gasteiger partial charge in [0.15, 0.2) is 6.29 Å². The van der Waals surface area contributed by atoms with Crippen LogP contribution in [0.15, 0.2) is 12.7 Å². The van der Waals surface area contributed by atoms with Crippen molar-refractivity contribution in [3.63, 3.8) is 0 Å². The van der Waals surface area contributed by atoms with Gasteiger partial charge in [-0.3, -0.25) is 0 Å². The van der Waals surface area contributed by atoms with Crippen LogP contribution in [0.3, 0.4) is 0 Å². The Morgan fingerprint density at radius 2 is 0.727 bits per heavy atom. The van der Waals surface area contributed by atoms with Gasteiger partial charge in [-0.2, -0.15) is 0 Å². The molecule has 0 radical (unpaired) electrons. The summed E-state index contributed by atoms with van der Waals surface area (Å²) in [6.45, 7) is 13.1.